The van der Waals surface area contributed by atoms with Gasteiger partial charge >= 0.3 is 18.2 Å². The number of carbonyl (C=O) groups excluding carboxylic acids is 1. The molecule has 0 aliphatic rings. The molecule has 0 bridgehead atoms. The van der Waals surface area contributed by atoms with E-state index in [1.54, 1.807) is 22.8 Å². The van der Waals surface area contributed by atoms with Crippen LogP contribution in [0.3, 0.4) is 0 Å². The van der Waals surface area contributed by atoms with Crippen molar-refractivity contribution in [2.45, 2.75) is 6.18 Å². The minimum Gasteiger partial charge on any atom is -0.424 e. The van der Waals surface area contributed by atoms with E-state index in [9.17, 15) is 18.0 Å². The smallest absolute Gasteiger partial charge is 0.416 e. The molecule has 0 fully saturated rings. The van der Waals surface area contributed by atoms with Crippen molar-refractivity contribution in [3.63, 3.8) is 0 Å². The van der Waals surface area contributed by atoms with Gasteiger partial charge in [-0.25, -0.2) is 28.9 Å². The zero-order valence-corrected chi connectivity index (χ0v) is 24.2. The van der Waals surface area contributed by atoms with Crippen LogP contribution in [0, 0.1) is 0 Å². The molecular weight excluding hydrogens is 613 g/mol. The van der Waals surface area contributed by atoms with Crippen LogP contribution in [0.2, 0.25) is 5.02 Å². The van der Waals surface area contributed by atoms with E-state index in [-0.39, 0.29) is 28.1 Å². The molecule has 6 rings (SSSR count). The number of urea groups is 1. The largest absolute Gasteiger partial charge is 0.424 e. The molecule has 228 valence electrons. The van der Waals surface area contributed by atoms with Crippen LogP contribution in [0.25, 0.3) is 22.5 Å². The fourth-order valence-electron chi connectivity index (χ4n) is 4.28. The molecule has 4 heterocycles. The Hall–Kier alpha value is -5.70. The highest BCUT2D eigenvalue weighted by molar-refractivity contribution is 6.30. The highest BCUT2D eigenvalue weighted by Gasteiger charge is 2.31. The number of anilines is 3. The molecule has 2 aromatic carbocycles. The molecule has 0 saturated carbocycles. The molecule has 0 radical (unpaired) electrons. The number of halogens is 4. The van der Waals surface area contributed by atoms with E-state index >= 15 is 0 Å². The third kappa shape index (κ3) is 6.47. The monoisotopic (exact) mass is 634 g/mol. The van der Waals surface area contributed by atoms with Crippen LogP contribution < -0.4 is 20.3 Å². The Balaban J connectivity index is 1.12. The van der Waals surface area contributed by atoms with Gasteiger partial charge < -0.3 is 20.3 Å². The van der Waals surface area contributed by atoms with E-state index in [0.29, 0.717) is 11.4 Å². The molecule has 6 aromatic rings. The quantitative estimate of drug-likeness (QED) is 0.202. The lowest BCUT2D eigenvalue weighted by Gasteiger charge is -2.15. The summed E-state index contributed by atoms with van der Waals surface area (Å²) < 4.78 is 48.7. The molecular formula is C29H22ClF3N10O2. The van der Waals surface area contributed by atoms with E-state index in [2.05, 4.69) is 35.8 Å². The Kier molecular flexibility index (Phi) is 7.68. The summed E-state index contributed by atoms with van der Waals surface area (Å²) in [6, 6.07) is 11.1. The number of carbonyl (C=O) groups is 1. The van der Waals surface area contributed by atoms with Gasteiger partial charge in [-0.15, -0.1) is 0 Å². The van der Waals surface area contributed by atoms with Gasteiger partial charge in [0, 0.05) is 32.1 Å². The first kappa shape index (κ1) is 29.4. The van der Waals surface area contributed by atoms with Gasteiger partial charge in [-0.2, -0.15) is 23.4 Å². The van der Waals surface area contributed by atoms with Crippen LogP contribution >= 0.6 is 11.6 Å². The minimum atomic E-state index is -4.63. The Morgan fingerprint density at radius 3 is 2.38 bits per heavy atom. The van der Waals surface area contributed by atoms with Gasteiger partial charge in [0.15, 0.2) is 5.65 Å². The number of benzene rings is 2. The molecule has 2 amide bonds. The summed E-state index contributed by atoms with van der Waals surface area (Å²) >= 11 is 5.91. The highest BCUT2D eigenvalue weighted by Crippen LogP contribution is 2.34. The van der Waals surface area contributed by atoms with Gasteiger partial charge in [0.1, 0.15) is 11.6 Å². The van der Waals surface area contributed by atoms with Crippen LogP contribution in [-0.4, -0.2) is 54.5 Å². The van der Waals surface area contributed by atoms with E-state index in [1.807, 2.05) is 43.4 Å². The zero-order chi connectivity index (χ0) is 31.7. The third-order valence-corrected chi connectivity index (χ3v) is 6.64. The molecule has 12 nitrogen and oxygen atoms in total. The van der Waals surface area contributed by atoms with Crippen molar-refractivity contribution < 1.29 is 22.7 Å². The molecule has 0 unspecified atom stereocenters. The number of rotatable bonds is 7. The van der Waals surface area contributed by atoms with Gasteiger partial charge in [0.25, 0.3) is 0 Å². The highest BCUT2D eigenvalue weighted by atomic mass is 35.5. The summed E-state index contributed by atoms with van der Waals surface area (Å²) in [5, 5.41) is 13.5. The lowest BCUT2D eigenvalue weighted by atomic mass is 10.1. The summed E-state index contributed by atoms with van der Waals surface area (Å²) in [5.74, 6) is 1.27. The predicted molar refractivity (Wildman–Crippen MR) is 161 cm³/mol. The van der Waals surface area contributed by atoms with Crippen LogP contribution in [0.5, 0.6) is 11.8 Å². The van der Waals surface area contributed by atoms with Crippen molar-refractivity contribution in [2.75, 3.05) is 29.6 Å². The number of aromatic nitrogens is 7. The van der Waals surface area contributed by atoms with Crippen molar-refractivity contribution in [3.05, 3.63) is 96.3 Å². The van der Waals surface area contributed by atoms with Crippen molar-refractivity contribution in [2.24, 2.45) is 0 Å². The number of fused-ring (bicyclic) bond motifs is 1. The first-order valence-electron chi connectivity index (χ1n) is 13.2. The van der Waals surface area contributed by atoms with E-state index in [4.69, 9.17) is 16.3 Å². The number of hydrogen-bond donors (Lipinski definition) is 2. The molecule has 0 saturated heterocycles. The van der Waals surface area contributed by atoms with Crippen LogP contribution in [0.15, 0.2) is 85.7 Å². The molecule has 0 spiro atoms. The maximum Gasteiger partial charge on any atom is 0.416 e. The Morgan fingerprint density at radius 1 is 0.956 bits per heavy atom. The normalized spacial score (nSPS) is 11.4. The molecule has 45 heavy (non-hydrogen) atoms. The summed E-state index contributed by atoms with van der Waals surface area (Å²) in [7, 11) is 3.83. The molecule has 2 N–H and O–H groups in total. The second kappa shape index (κ2) is 11.8. The Bertz CT molecular complexity index is 1990. The maximum atomic E-state index is 13.4. The molecule has 0 aliphatic carbocycles. The lowest BCUT2D eigenvalue weighted by molar-refractivity contribution is -0.137. The van der Waals surface area contributed by atoms with Gasteiger partial charge in [-0.3, -0.25) is 0 Å². The van der Waals surface area contributed by atoms with Crippen molar-refractivity contribution in [1.29, 1.82) is 0 Å². The fourth-order valence-corrected chi connectivity index (χ4v) is 4.42. The van der Waals surface area contributed by atoms with Gasteiger partial charge in [-0.1, -0.05) is 23.7 Å². The number of nitrogens with one attached hydrogen (secondary N) is 2. The molecule has 0 atom stereocenters. The minimum absolute atomic E-state index is 0.0118. The molecule has 0 aliphatic heterocycles. The lowest BCUT2D eigenvalue weighted by Crippen LogP contribution is -2.21. The average Bonchev–Trinajstić information content (AvgIpc) is 3.64. The van der Waals surface area contributed by atoms with E-state index in [1.165, 1.54) is 35.5 Å². The van der Waals surface area contributed by atoms with Crippen molar-refractivity contribution in [1.82, 2.24) is 34.3 Å². The SMILES string of the molecule is CN(C)c1ccn2ncc(-c3ccc(Oc4ncc(NC(=O)Nc5cc(C(F)(F)F)ccc5-n5cc(Cl)cn5)cn4)cc3)c2n1. The number of hydrogen-bond acceptors (Lipinski definition) is 8. The number of amides is 2. The second-order valence-electron chi connectivity index (χ2n) is 9.80. The molecule has 16 heteroatoms. The van der Waals surface area contributed by atoms with Crippen LogP contribution in [0.1, 0.15) is 5.56 Å². The Morgan fingerprint density at radius 2 is 1.71 bits per heavy atom. The summed E-state index contributed by atoms with van der Waals surface area (Å²) in [5.41, 5.74) is 1.68. The van der Waals surface area contributed by atoms with Crippen LogP contribution in [0.4, 0.5) is 35.2 Å². The summed E-state index contributed by atoms with van der Waals surface area (Å²) in [6.07, 6.45) is 4.26. The first-order valence-corrected chi connectivity index (χ1v) is 13.5. The summed E-state index contributed by atoms with van der Waals surface area (Å²) in [4.78, 5) is 27.5. The number of alkyl halides is 3. The Labute approximate surface area is 258 Å². The number of ether oxygens (including phenoxy) is 1. The van der Waals surface area contributed by atoms with Gasteiger partial charge in [-0.05, 0) is 42.0 Å². The van der Waals surface area contributed by atoms with Crippen molar-refractivity contribution >= 4 is 40.5 Å². The topological polar surface area (TPSA) is 127 Å². The average molecular weight is 635 g/mol. The van der Waals surface area contributed by atoms with Gasteiger partial charge in [0.2, 0.25) is 0 Å². The second-order valence-corrected chi connectivity index (χ2v) is 10.2. The van der Waals surface area contributed by atoms with E-state index in [0.717, 1.165) is 29.1 Å². The van der Waals surface area contributed by atoms with Crippen molar-refractivity contribution in [3.8, 4) is 28.6 Å². The molecule has 4 aromatic heterocycles. The predicted octanol–water partition coefficient (Wildman–Crippen LogP) is 6.55. The zero-order valence-electron chi connectivity index (χ0n) is 23.5. The van der Waals surface area contributed by atoms with Crippen LogP contribution in [-0.2, 0) is 6.18 Å². The fraction of sp³-hybridized carbons (Fsp3) is 0.103. The van der Waals surface area contributed by atoms with E-state index < -0.39 is 17.8 Å². The van der Waals surface area contributed by atoms with Gasteiger partial charge in [0.05, 0.1) is 52.4 Å². The summed E-state index contributed by atoms with van der Waals surface area (Å²) in [6.45, 7) is 0. The maximum absolute atomic E-state index is 13.4. The first-order chi connectivity index (χ1) is 21.5. The third-order valence-electron chi connectivity index (χ3n) is 6.44. The standard InChI is InChI=1S/C29H22ClF3N10O2/c1-41(2)25-9-10-42-26(40-25)22(15-37-42)17-3-6-21(7-4-17)45-28-34-13-20(14-35-28)38-27(44)39-23-11-18(29(31,32)33)5-8-24(23)43-16-19(30)12-36-43/h3-16H,1-2H3,(H2,38,39,44). The number of nitrogens with zero attached hydrogens (tertiary/aromatic N) is 8.